The molecule has 0 aliphatic heterocycles. The Hall–Kier alpha value is -2.20. The van der Waals surface area contributed by atoms with Gasteiger partial charge in [-0.3, -0.25) is 14.4 Å². The van der Waals surface area contributed by atoms with Crippen LogP contribution in [0.25, 0.3) is 0 Å². The number of ether oxygens (including phenoxy) is 2. The minimum absolute atomic E-state index is 0.0470. The molecule has 0 rings (SSSR count). The monoisotopic (exact) mass is 375 g/mol. The molecular formula is C16H29N3O7. The molecule has 1 unspecified atom stereocenters. The van der Waals surface area contributed by atoms with Gasteiger partial charge in [-0.05, 0) is 19.3 Å². The lowest BCUT2D eigenvalue weighted by atomic mass is 10.1. The Morgan fingerprint density at radius 1 is 1.04 bits per heavy atom. The molecule has 10 nitrogen and oxygen atoms in total. The highest BCUT2D eigenvalue weighted by atomic mass is 16.5. The molecule has 0 aliphatic rings. The molecule has 0 heterocycles. The maximum absolute atomic E-state index is 11.7. The zero-order chi connectivity index (χ0) is 19.6. The third-order valence-electron chi connectivity index (χ3n) is 3.28. The highest BCUT2D eigenvalue weighted by Crippen LogP contribution is 2.01. The predicted octanol–water partition coefficient (Wildman–Crippen LogP) is -0.968. The Balaban J connectivity index is 3.78. The molecular weight excluding hydrogens is 346 g/mol. The van der Waals surface area contributed by atoms with Gasteiger partial charge in [0.15, 0.2) is 0 Å². The number of carbonyl (C=O) groups excluding carboxylic acids is 3. The maximum atomic E-state index is 11.7. The van der Waals surface area contributed by atoms with E-state index in [1.807, 2.05) is 0 Å². The van der Waals surface area contributed by atoms with Crippen molar-refractivity contribution in [2.75, 3.05) is 39.5 Å². The van der Waals surface area contributed by atoms with E-state index in [2.05, 4.69) is 16.0 Å². The summed E-state index contributed by atoms with van der Waals surface area (Å²) in [5.41, 5.74) is 0. The molecule has 26 heavy (non-hydrogen) atoms. The fourth-order valence-electron chi connectivity index (χ4n) is 1.89. The topological polar surface area (TPSA) is 143 Å². The molecule has 0 aromatic rings. The summed E-state index contributed by atoms with van der Waals surface area (Å²) < 4.78 is 10.2. The number of hydrogen-bond acceptors (Lipinski definition) is 6. The van der Waals surface area contributed by atoms with E-state index in [0.29, 0.717) is 45.4 Å². The fraction of sp³-hybridized carbons (Fsp3) is 0.750. The normalized spacial score (nSPS) is 11.4. The van der Waals surface area contributed by atoms with Crippen molar-refractivity contribution in [1.29, 1.82) is 0 Å². The van der Waals surface area contributed by atoms with Crippen LogP contribution in [0.1, 0.15) is 32.6 Å². The van der Waals surface area contributed by atoms with Gasteiger partial charge in [0.2, 0.25) is 18.2 Å². The highest BCUT2D eigenvalue weighted by Gasteiger charge is 2.19. The number of nitrogens with one attached hydrogen (secondary N) is 3. The van der Waals surface area contributed by atoms with Crippen LogP contribution in [0.5, 0.6) is 0 Å². The van der Waals surface area contributed by atoms with Crippen LogP contribution in [0.4, 0.5) is 0 Å². The van der Waals surface area contributed by atoms with E-state index >= 15 is 0 Å². The number of carbonyl (C=O) groups is 4. The second-order valence-electron chi connectivity index (χ2n) is 5.39. The molecule has 0 saturated carbocycles. The molecule has 0 spiro atoms. The summed E-state index contributed by atoms with van der Waals surface area (Å²) in [7, 11) is 0. The van der Waals surface area contributed by atoms with Crippen molar-refractivity contribution < 1.29 is 33.8 Å². The molecule has 3 amide bonds. The Morgan fingerprint density at radius 2 is 1.77 bits per heavy atom. The second kappa shape index (κ2) is 16.3. The van der Waals surface area contributed by atoms with Crippen molar-refractivity contribution in [1.82, 2.24) is 16.0 Å². The molecule has 150 valence electrons. The summed E-state index contributed by atoms with van der Waals surface area (Å²) in [6.07, 6.45) is 2.46. The van der Waals surface area contributed by atoms with Gasteiger partial charge in [0.05, 0.1) is 19.8 Å². The first kappa shape index (κ1) is 23.8. The molecule has 4 N–H and O–H groups in total. The van der Waals surface area contributed by atoms with Gasteiger partial charge in [-0.15, -0.1) is 0 Å². The van der Waals surface area contributed by atoms with Crippen LogP contribution in [0, 0.1) is 0 Å². The summed E-state index contributed by atoms with van der Waals surface area (Å²) in [5.74, 6) is -1.67. The summed E-state index contributed by atoms with van der Waals surface area (Å²) in [6.45, 7) is 3.17. The van der Waals surface area contributed by atoms with Crippen LogP contribution >= 0.6 is 0 Å². The second-order valence-corrected chi connectivity index (χ2v) is 5.39. The van der Waals surface area contributed by atoms with E-state index < -0.39 is 17.9 Å². The van der Waals surface area contributed by atoms with Crippen LogP contribution in [0.3, 0.4) is 0 Å². The molecule has 0 aromatic carbocycles. The third kappa shape index (κ3) is 14.2. The molecule has 0 aliphatic carbocycles. The van der Waals surface area contributed by atoms with Crippen molar-refractivity contribution in [3.05, 3.63) is 0 Å². The maximum Gasteiger partial charge on any atom is 0.326 e. The average Bonchev–Trinajstić information content (AvgIpc) is 2.62. The van der Waals surface area contributed by atoms with Crippen LogP contribution < -0.4 is 16.0 Å². The quantitative estimate of drug-likeness (QED) is 0.189. The van der Waals surface area contributed by atoms with Gasteiger partial charge in [-0.1, -0.05) is 6.92 Å². The summed E-state index contributed by atoms with van der Waals surface area (Å²) >= 11 is 0. The summed E-state index contributed by atoms with van der Waals surface area (Å²) in [5, 5.41) is 16.7. The molecule has 0 aromatic heterocycles. The van der Waals surface area contributed by atoms with Gasteiger partial charge in [0, 0.05) is 19.5 Å². The zero-order valence-electron chi connectivity index (χ0n) is 15.1. The number of rotatable bonds is 17. The fourth-order valence-corrected chi connectivity index (χ4v) is 1.89. The third-order valence-corrected chi connectivity index (χ3v) is 3.28. The van der Waals surface area contributed by atoms with E-state index in [1.54, 1.807) is 6.92 Å². The minimum atomic E-state index is -1.11. The Bertz CT molecular complexity index is 432. The largest absolute Gasteiger partial charge is 0.480 e. The Kier molecular flexibility index (Phi) is 14.9. The summed E-state index contributed by atoms with van der Waals surface area (Å²) in [6, 6.07) is -0.987. The van der Waals surface area contributed by atoms with Crippen molar-refractivity contribution >= 4 is 24.2 Å². The van der Waals surface area contributed by atoms with Crippen molar-refractivity contribution in [2.45, 2.75) is 38.6 Å². The first-order valence-corrected chi connectivity index (χ1v) is 8.62. The van der Waals surface area contributed by atoms with E-state index in [4.69, 9.17) is 14.6 Å². The van der Waals surface area contributed by atoms with Crippen LogP contribution in [0.15, 0.2) is 0 Å². The lowest BCUT2D eigenvalue weighted by Gasteiger charge is -2.14. The molecule has 0 saturated heterocycles. The molecule has 1 atom stereocenters. The lowest BCUT2D eigenvalue weighted by molar-refractivity contribution is -0.142. The summed E-state index contributed by atoms with van der Waals surface area (Å²) in [4.78, 5) is 43.9. The first-order valence-electron chi connectivity index (χ1n) is 8.62. The van der Waals surface area contributed by atoms with Crippen LogP contribution in [-0.4, -0.2) is 74.9 Å². The number of unbranched alkanes of at least 4 members (excludes halogenated alkanes) is 1. The average molecular weight is 375 g/mol. The van der Waals surface area contributed by atoms with E-state index in [9.17, 15) is 19.2 Å². The smallest absolute Gasteiger partial charge is 0.326 e. The van der Waals surface area contributed by atoms with Crippen molar-refractivity contribution in [2.24, 2.45) is 0 Å². The number of carboxylic acid groups (broad SMARTS) is 1. The van der Waals surface area contributed by atoms with Gasteiger partial charge in [-0.25, -0.2) is 4.79 Å². The molecule has 10 heteroatoms. The lowest BCUT2D eigenvalue weighted by Crippen LogP contribution is -2.42. The molecule has 0 bridgehead atoms. The Morgan fingerprint density at radius 3 is 2.42 bits per heavy atom. The van der Waals surface area contributed by atoms with E-state index in [1.165, 1.54) is 0 Å². The van der Waals surface area contributed by atoms with Crippen molar-refractivity contribution in [3.63, 3.8) is 0 Å². The molecule has 0 fully saturated rings. The number of aliphatic carboxylic acids is 1. The Labute approximate surface area is 153 Å². The highest BCUT2D eigenvalue weighted by molar-refractivity contribution is 5.84. The SMILES string of the molecule is CCC(=O)NCCCCC(NC(=O)COCCOCCNC=O)C(=O)O. The molecule has 0 radical (unpaired) electrons. The van der Waals surface area contributed by atoms with Gasteiger partial charge in [-0.2, -0.15) is 0 Å². The van der Waals surface area contributed by atoms with Gasteiger partial charge in [0.1, 0.15) is 12.6 Å². The number of amides is 3. The van der Waals surface area contributed by atoms with Gasteiger partial charge >= 0.3 is 5.97 Å². The minimum Gasteiger partial charge on any atom is -0.480 e. The standard InChI is InChI=1S/C16H29N3O7/c1-2-14(21)18-6-4-3-5-13(16(23)24)19-15(22)11-26-10-9-25-8-7-17-12-20/h12-13H,2-11H2,1H3,(H,17,20)(H,18,21)(H,19,22)(H,23,24). The van der Waals surface area contributed by atoms with Crippen molar-refractivity contribution in [3.8, 4) is 0 Å². The predicted molar refractivity (Wildman–Crippen MR) is 92.4 cm³/mol. The van der Waals surface area contributed by atoms with Crippen LogP contribution in [-0.2, 0) is 28.7 Å². The number of hydrogen-bond donors (Lipinski definition) is 4. The van der Waals surface area contributed by atoms with E-state index in [-0.39, 0.29) is 32.1 Å². The zero-order valence-corrected chi connectivity index (χ0v) is 15.1. The van der Waals surface area contributed by atoms with Gasteiger partial charge < -0.3 is 30.5 Å². The van der Waals surface area contributed by atoms with E-state index in [0.717, 1.165) is 0 Å². The first-order chi connectivity index (χ1) is 12.5. The van der Waals surface area contributed by atoms with Gasteiger partial charge in [0.25, 0.3) is 0 Å². The number of carboxylic acids is 1. The van der Waals surface area contributed by atoms with Crippen LogP contribution in [0.2, 0.25) is 0 Å².